The number of benzene rings is 3. The van der Waals surface area contributed by atoms with E-state index in [2.05, 4.69) is 0 Å². The van der Waals surface area contributed by atoms with Gasteiger partial charge in [0.2, 0.25) is 0 Å². The van der Waals surface area contributed by atoms with E-state index in [1.54, 1.807) is 36.4 Å². The van der Waals surface area contributed by atoms with Gasteiger partial charge in [-0.1, -0.05) is 29.8 Å². The molecule has 3 aromatic rings. The first kappa shape index (κ1) is 19.2. The van der Waals surface area contributed by atoms with Gasteiger partial charge in [-0.25, -0.2) is 12.8 Å². The van der Waals surface area contributed by atoms with Crippen molar-refractivity contribution in [2.45, 2.75) is 11.4 Å². The zero-order valence-corrected chi connectivity index (χ0v) is 16.0. The Morgan fingerprint density at radius 3 is 2.37 bits per heavy atom. The van der Waals surface area contributed by atoms with Crippen LogP contribution in [0.3, 0.4) is 0 Å². The van der Waals surface area contributed by atoms with Gasteiger partial charge in [0.25, 0.3) is 10.0 Å². The largest absolute Gasteiger partial charge is 0.497 e. The van der Waals surface area contributed by atoms with Gasteiger partial charge in [-0.15, -0.1) is 0 Å². The molecule has 0 aliphatic rings. The van der Waals surface area contributed by atoms with E-state index < -0.39 is 15.8 Å². The fourth-order valence-corrected chi connectivity index (χ4v) is 4.31. The number of hydrogen-bond donors (Lipinski definition) is 0. The molecule has 0 spiro atoms. The van der Waals surface area contributed by atoms with Gasteiger partial charge in [-0.3, -0.25) is 4.31 Å². The van der Waals surface area contributed by atoms with Crippen LogP contribution < -0.4 is 9.04 Å². The van der Waals surface area contributed by atoms with Gasteiger partial charge in [0.1, 0.15) is 11.6 Å². The fraction of sp³-hybridized carbons (Fsp3) is 0.100. The number of nitrogens with zero attached hydrogens (tertiary/aromatic N) is 1. The lowest BCUT2D eigenvalue weighted by molar-refractivity contribution is 0.413. The molecule has 0 radical (unpaired) electrons. The number of anilines is 1. The second-order valence-corrected chi connectivity index (χ2v) is 8.10. The van der Waals surface area contributed by atoms with E-state index >= 15 is 0 Å². The number of hydrogen-bond acceptors (Lipinski definition) is 3. The number of rotatable bonds is 6. The molecule has 0 atom stereocenters. The second-order valence-electron chi connectivity index (χ2n) is 5.80. The summed E-state index contributed by atoms with van der Waals surface area (Å²) in [4.78, 5) is 0.0770. The molecule has 0 saturated heterocycles. The van der Waals surface area contributed by atoms with Gasteiger partial charge in [-0.05, 0) is 54.1 Å². The number of methoxy groups -OCH3 is 1. The van der Waals surface area contributed by atoms with Crippen molar-refractivity contribution in [1.82, 2.24) is 0 Å². The Kier molecular flexibility index (Phi) is 5.68. The topological polar surface area (TPSA) is 46.6 Å². The fourth-order valence-electron chi connectivity index (χ4n) is 2.61. The van der Waals surface area contributed by atoms with Crippen molar-refractivity contribution in [3.05, 3.63) is 89.2 Å². The van der Waals surface area contributed by atoms with Crippen LogP contribution in [0, 0.1) is 5.82 Å². The third kappa shape index (κ3) is 4.40. The summed E-state index contributed by atoms with van der Waals surface area (Å²) in [5.41, 5.74) is 1.05. The van der Waals surface area contributed by atoms with Crippen molar-refractivity contribution < 1.29 is 17.5 Å². The lowest BCUT2D eigenvalue weighted by atomic mass is 10.2. The van der Waals surface area contributed by atoms with E-state index in [4.69, 9.17) is 16.3 Å². The van der Waals surface area contributed by atoms with Crippen LogP contribution in [0.1, 0.15) is 5.56 Å². The van der Waals surface area contributed by atoms with Crippen molar-refractivity contribution in [2.75, 3.05) is 11.4 Å². The summed E-state index contributed by atoms with van der Waals surface area (Å²) in [6.07, 6.45) is 0. The molecule has 0 saturated carbocycles. The first-order valence-electron chi connectivity index (χ1n) is 8.07. The summed E-state index contributed by atoms with van der Waals surface area (Å²) in [5, 5.41) is 0.505. The maximum Gasteiger partial charge on any atom is 0.264 e. The number of ether oxygens (including phenoxy) is 1. The Labute approximate surface area is 162 Å². The highest BCUT2D eigenvalue weighted by Gasteiger charge is 2.26. The lowest BCUT2D eigenvalue weighted by Crippen LogP contribution is -2.30. The molecule has 3 aromatic carbocycles. The van der Waals surface area contributed by atoms with Gasteiger partial charge in [0.15, 0.2) is 0 Å². The highest BCUT2D eigenvalue weighted by molar-refractivity contribution is 7.92. The maximum atomic E-state index is 13.3. The molecule has 27 heavy (non-hydrogen) atoms. The predicted octanol–water partition coefficient (Wildman–Crippen LogP) is 4.88. The molecular weight excluding hydrogens is 389 g/mol. The van der Waals surface area contributed by atoms with E-state index in [9.17, 15) is 12.8 Å². The first-order valence-corrected chi connectivity index (χ1v) is 9.89. The van der Waals surface area contributed by atoms with E-state index in [-0.39, 0.29) is 11.4 Å². The first-order chi connectivity index (χ1) is 12.9. The van der Waals surface area contributed by atoms with Crippen LogP contribution in [0.5, 0.6) is 5.75 Å². The van der Waals surface area contributed by atoms with Crippen LogP contribution in [0.2, 0.25) is 5.02 Å². The minimum atomic E-state index is -3.92. The Morgan fingerprint density at radius 1 is 1.00 bits per heavy atom. The lowest BCUT2D eigenvalue weighted by Gasteiger charge is -2.25. The minimum absolute atomic E-state index is 0.0474. The molecule has 0 fully saturated rings. The third-order valence-corrected chi connectivity index (χ3v) is 5.96. The van der Waals surface area contributed by atoms with Crippen LogP contribution in [0.25, 0.3) is 0 Å². The van der Waals surface area contributed by atoms with Gasteiger partial charge < -0.3 is 4.74 Å². The predicted molar refractivity (Wildman–Crippen MR) is 104 cm³/mol. The van der Waals surface area contributed by atoms with Crippen LogP contribution in [-0.4, -0.2) is 15.5 Å². The molecule has 0 heterocycles. The molecule has 7 heteroatoms. The van der Waals surface area contributed by atoms with Crippen molar-refractivity contribution in [3.8, 4) is 5.75 Å². The van der Waals surface area contributed by atoms with Crippen LogP contribution >= 0.6 is 11.6 Å². The van der Waals surface area contributed by atoms with Crippen LogP contribution in [-0.2, 0) is 16.6 Å². The summed E-state index contributed by atoms with van der Waals surface area (Å²) in [7, 11) is -2.46. The highest BCUT2D eigenvalue weighted by Crippen LogP contribution is 2.28. The smallest absolute Gasteiger partial charge is 0.264 e. The normalized spacial score (nSPS) is 11.2. The molecule has 4 nitrogen and oxygen atoms in total. The second kappa shape index (κ2) is 7.98. The Balaban J connectivity index is 2.08. The molecular formula is C20H17ClFNO3S. The number of halogens is 2. The SMILES string of the molecule is COc1cccc(S(=O)(=O)N(Cc2cccc(Cl)c2)c2ccc(F)cc2)c1. The summed E-state index contributed by atoms with van der Waals surface area (Å²) >= 11 is 6.03. The molecule has 0 aliphatic heterocycles. The van der Waals surface area contributed by atoms with E-state index in [1.165, 1.54) is 47.8 Å². The zero-order valence-electron chi connectivity index (χ0n) is 14.5. The standard InChI is InChI=1S/C20H17ClFNO3S/c1-26-19-6-3-7-20(13-19)27(24,25)23(18-10-8-17(22)9-11-18)14-15-4-2-5-16(21)12-15/h2-13H,14H2,1H3. The van der Waals surface area contributed by atoms with E-state index in [0.717, 1.165) is 0 Å². The molecule has 0 unspecified atom stereocenters. The Morgan fingerprint density at radius 2 is 1.70 bits per heavy atom. The average molecular weight is 406 g/mol. The summed E-state index contributed by atoms with van der Waals surface area (Å²) in [5.74, 6) is -0.0156. The van der Waals surface area contributed by atoms with Gasteiger partial charge >= 0.3 is 0 Å². The van der Waals surface area contributed by atoms with Gasteiger partial charge in [-0.2, -0.15) is 0 Å². The minimum Gasteiger partial charge on any atom is -0.497 e. The van der Waals surface area contributed by atoms with Crippen LogP contribution in [0.15, 0.2) is 77.7 Å². The molecule has 0 N–H and O–H groups in total. The molecule has 140 valence electrons. The molecule has 0 aromatic heterocycles. The Bertz CT molecular complexity index is 1040. The molecule has 0 aliphatic carbocycles. The van der Waals surface area contributed by atoms with Crippen molar-refractivity contribution in [1.29, 1.82) is 0 Å². The maximum absolute atomic E-state index is 13.3. The molecule has 0 amide bonds. The zero-order chi connectivity index (χ0) is 19.4. The quantitative estimate of drug-likeness (QED) is 0.587. The van der Waals surface area contributed by atoms with Gasteiger partial charge in [0.05, 0.1) is 24.2 Å². The summed E-state index contributed by atoms with van der Waals surface area (Å²) in [6, 6.07) is 18.4. The third-order valence-electron chi connectivity index (χ3n) is 3.96. The summed E-state index contributed by atoms with van der Waals surface area (Å²) in [6.45, 7) is 0.0474. The van der Waals surface area contributed by atoms with Gasteiger partial charge in [0, 0.05) is 11.1 Å². The van der Waals surface area contributed by atoms with Crippen molar-refractivity contribution in [3.63, 3.8) is 0 Å². The molecule has 3 rings (SSSR count). The molecule has 0 bridgehead atoms. The van der Waals surface area contributed by atoms with Crippen LogP contribution in [0.4, 0.5) is 10.1 Å². The average Bonchev–Trinajstić information content (AvgIpc) is 2.67. The Hall–Kier alpha value is -2.57. The monoisotopic (exact) mass is 405 g/mol. The van der Waals surface area contributed by atoms with Crippen molar-refractivity contribution in [2.24, 2.45) is 0 Å². The van der Waals surface area contributed by atoms with Crippen molar-refractivity contribution >= 4 is 27.3 Å². The van der Waals surface area contributed by atoms with E-state index in [1.807, 2.05) is 0 Å². The number of sulfonamides is 1. The highest BCUT2D eigenvalue weighted by atomic mass is 35.5. The van der Waals surface area contributed by atoms with E-state index in [0.29, 0.717) is 22.0 Å². The summed E-state index contributed by atoms with van der Waals surface area (Å²) < 4.78 is 46.3.